The molecule has 0 N–H and O–H groups in total. The molecule has 2 rings (SSSR count). The second-order valence-corrected chi connectivity index (χ2v) is 15.9. The van der Waals surface area contributed by atoms with E-state index in [0.717, 1.165) is 77.0 Å². The number of benzene rings is 1. The lowest BCUT2D eigenvalue weighted by molar-refractivity contribution is 0.0973. The summed E-state index contributed by atoms with van der Waals surface area (Å²) in [4.78, 5) is 25.8. The Morgan fingerprint density at radius 3 is 1.02 bits per heavy atom. The molecule has 0 spiro atoms. The Labute approximate surface area is 325 Å². The van der Waals surface area contributed by atoms with E-state index in [2.05, 4.69) is 111 Å². The van der Waals surface area contributed by atoms with E-state index >= 15 is 0 Å². The second kappa shape index (κ2) is 25.3. The van der Waals surface area contributed by atoms with Crippen LogP contribution in [0.15, 0.2) is 129 Å². The topological polar surface area (TPSA) is 34.1 Å². The molecule has 0 heterocycles. The van der Waals surface area contributed by atoms with Gasteiger partial charge in [0.25, 0.3) is 0 Å². The van der Waals surface area contributed by atoms with Crippen molar-refractivity contribution in [2.45, 2.75) is 166 Å². The summed E-state index contributed by atoms with van der Waals surface area (Å²) >= 11 is 0. The molecular weight excluding hydrogens is 645 g/mol. The Balaban J connectivity index is 1.62. The number of carbonyl (C=O) groups is 2. The van der Waals surface area contributed by atoms with Crippen molar-refractivity contribution in [3.63, 3.8) is 0 Å². The van der Waals surface area contributed by atoms with Gasteiger partial charge in [-0.25, -0.2) is 0 Å². The number of fused-ring (bicyclic) bond motifs is 1. The average molecular weight is 717 g/mol. The molecule has 53 heavy (non-hydrogen) atoms. The average Bonchev–Trinajstić information content (AvgIpc) is 3.10. The summed E-state index contributed by atoms with van der Waals surface area (Å²) in [6.45, 7) is 21.9. The maximum atomic E-state index is 13.0. The van der Waals surface area contributed by atoms with Crippen LogP contribution in [0.4, 0.5) is 0 Å². The van der Waals surface area contributed by atoms with Crippen molar-refractivity contribution in [3.05, 3.63) is 140 Å². The molecule has 0 aliphatic heterocycles. The minimum atomic E-state index is -0.0230. The Hall–Kier alpha value is -3.78. The van der Waals surface area contributed by atoms with Gasteiger partial charge in [-0.05, 0) is 166 Å². The van der Waals surface area contributed by atoms with Gasteiger partial charge in [-0.1, -0.05) is 117 Å². The zero-order valence-electron chi connectivity index (χ0n) is 35.4. The van der Waals surface area contributed by atoms with Gasteiger partial charge in [-0.15, -0.1) is 0 Å². The van der Waals surface area contributed by atoms with E-state index in [1.807, 2.05) is 12.1 Å². The van der Waals surface area contributed by atoms with Crippen molar-refractivity contribution in [2.75, 3.05) is 0 Å². The van der Waals surface area contributed by atoms with E-state index in [4.69, 9.17) is 0 Å². The summed E-state index contributed by atoms with van der Waals surface area (Å²) in [7, 11) is 0. The fourth-order valence-electron chi connectivity index (χ4n) is 6.65. The van der Waals surface area contributed by atoms with Gasteiger partial charge in [-0.3, -0.25) is 9.59 Å². The molecule has 2 nitrogen and oxygen atoms in total. The minimum Gasteiger partial charge on any atom is -0.289 e. The first-order chi connectivity index (χ1) is 25.3. The van der Waals surface area contributed by atoms with E-state index < -0.39 is 0 Å². The molecule has 288 valence electrons. The smallest absolute Gasteiger partial charge is 0.190 e. The lowest BCUT2D eigenvalue weighted by atomic mass is 9.83. The predicted octanol–water partition coefficient (Wildman–Crippen LogP) is 15.8. The second-order valence-electron chi connectivity index (χ2n) is 15.9. The van der Waals surface area contributed by atoms with Gasteiger partial charge in [0.1, 0.15) is 0 Å². The highest BCUT2D eigenvalue weighted by Crippen LogP contribution is 2.29. The molecule has 0 fully saturated rings. The molecule has 0 amide bonds. The first kappa shape index (κ1) is 45.4. The number of rotatable bonds is 23. The Bertz CT molecular complexity index is 1650. The van der Waals surface area contributed by atoms with Crippen molar-refractivity contribution in [1.29, 1.82) is 0 Å². The Morgan fingerprint density at radius 1 is 0.415 bits per heavy atom. The van der Waals surface area contributed by atoms with Crippen LogP contribution in [0, 0.1) is 0 Å². The van der Waals surface area contributed by atoms with Crippen LogP contribution < -0.4 is 0 Å². The normalized spacial score (nSPS) is 15.4. The fourth-order valence-corrected chi connectivity index (χ4v) is 6.65. The van der Waals surface area contributed by atoms with Gasteiger partial charge in [0.15, 0.2) is 11.6 Å². The molecule has 1 aliphatic rings. The monoisotopic (exact) mass is 717 g/mol. The summed E-state index contributed by atoms with van der Waals surface area (Å²) in [5.41, 5.74) is 13.9. The van der Waals surface area contributed by atoms with Crippen LogP contribution in [-0.4, -0.2) is 11.6 Å². The molecule has 1 aromatic carbocycles. The van der Waals surface area contributed by atoms with Crippen LogP contribution in [0.25, 0.3) is 0 Å². The molecule has 0 unspecified atom stereocenters. The number of ketones is 2. The maximum Gasteiger partial charge on any atom is 0.190 e. The zero-order chi connectivity index (χ0) is 39.2. The Kier molecular flexibility index (Phi) is 21.6. The lowest BCUT2D eigenvalue weighted by Gasteiger charge is -2.18. The maximum absolute atomic E-state index is 13.0. The third-order valence-corrected chi connectivity index (χ3v) is 10.4. The molecule has 0 saturated heterocycles. The van der Waals surface area contributed by atoms with Gasteiger partial charge < -0.3 is 0 Å². The molecular formula is C51H72O2. The van der Waals surface area contributed by atoms with E-state index in [-0.39, 0.29) is 11.6 Å². The van der Waals surface area contributed by atoms with Crippen molar-refractivity contribution in [2.24, 2.45) is 0 Å². The quantitative estimate of drug-likeness (QED) is 0.106. The fraction of sp³-hybridized carbons (Fsp3) is 0.490. The summed E-state index contributed by atoms with van der Waals surface area (Å²) < 4.78 is 0. The number of allylic oxidation sites excluding steroid dienone is 18. The zero-order valence-corrected chi connectivity index (χ0v) is 35.4. The summed E-state index contributed by atoms with van der Waals surface area (Å²) in [5.74, 6) is -0.0315. The van der Waals surface area contributed by atoms with Crippen LogP contribution in [0.2, 0.25) is 0 Å². The number of hydrogen-bond donors (Lipinski definition) is 0. The molecule has 0 bridgehead atoms. The van der Waals surface area contributed by atoms with E-state index in [0.29, 0.717) is 28.7 Å². The van der Waals surface area contributed by atoms with Gasteiger partial charge in [-0.2, -0.15) is 0 Å². The highest BCUT2D eigenvalue weighted by molar-refractivity contribution is 6.26. The van der Waals surface area contributed by atoms with Crippen LogP contribution >= 0.6 is 0 Å². The van der Waals surface area contributed by atoms with Gasteiger partial charge in [0.05, 0.1) is 0 Å². The Morgan fingerprint density at radius 2 is 0.698 bits per heavy atom. The number of carbonyl (C=O) groups excluding carboxylic acids is 2. The van der Waals surface area contributed by atoms with Gasteiger partial charge >= 0.3 is 0 Å². The lowest BCUT2D eigenvalue weighted by Crippen LogP contribution is -2.20. The third kappa shape index (κ3) is 18.7. The van der Waals surface area contributed by atoms with Crippen molar-refractivity contribution < 1.29 is 9.59 Å². The van der Waals surface area contributed by atoms with Crippen molar-refractivity contribution >= 4 is 11.6 Å². The van der Waals surface area contributed by atoms with Crippen LogP contribution in [-0.2, 0) is 0 Å². The van der Waals surface area contributed by atoms with E-state index in [1.165, 1.54) is 57.4 Å². The van der Waals surface area contributed by atoms with Crippen molar-refractivity contribution in [1.82, 2.24) is 0 Å². The van der Waals surface area contributed by atoms with Crippen LogP contribution in [0.1, 0.15) is 186 Å². The summed E-state index contributed by atoms with van der Waals surface area (Å²) in [5, 5.41) is 0. The molecule has 0 saturated carbocycles. The molecule has 1 aromatic rings. The van der Waals surface area contributed by atoms with E-state index in [1.54, 1.807) is 19.1 Å². The molecule has 0 radical (unpaired) electrons. The standard InChI is InChI=1S/C51H72O2/c1-38(2)20-13-21-39(3)22-14-23-40(4)24-15-25-41(5)26-16-27-42(6)28-17-29-43(7)30-18-31-44(8)32-19-33-45(9)36-37-47-46(10)50(52)48-34-11-12-35-49(48)51(47)53/h11-12,20,22,24,26,28,30,32,34-36H,13-19,21,23,25,27,29,31,33,37H2,1-10H3/b39-22-,40-24+,41-26+,42-28+,43-30+,44-32+,45-36+. The highest BCUT2D eigenvalue weighted by atomic mass is 16.1. The summed E-state index contributed by atoms with van der Waals surface area (Å²) in [6, 6.07) is 7.16. The van der Waals surface area contributed by atoms with E-state index in [9.17, 15) is 9.59 Å². The highest BCUT2D eigenvalue weighted by Gasteiger charge is 2.28. The van der Waals surface area contributed by atoms with Crippen molar-refractivity contribution in [3.8, 4) is 0 Å². The largest absolute Gasteiger partial charge is 0.289 e. The first-order valence-corrected chi connectivity index (χ1v) is 20.4. The number of hydrogen-bond acceptors (Lipinski definition) is 2. The molecule has 0 aromatic heterocycles. The minimum absolute atomic E-state index is 0.00849. The number of Topliss-reactive ketones (excluding diaryl/α,β-unsaturated/α-hetero) is 2. The molecule has 1 aliphatic carbocycles. The molecule has 0 atom stereocenters. The molecule has 2 heteroatoms. The summed E-state index contributed by atoms with van der Waals surface area (Å²) in [6.07, 6.45) is 35.1. The van der Waals surface area contributed by atoms with Gasteiger partial charge in [0, 0.05) is 22.3 Å². The van der Waals surface area contributed by atoms with Crippen LogP contribution in [0.3, 0.4) is 0 Å². The first-order valence-electron chi connectivity index (χ1n) is 20.4. The van der Waals surface area contributed by atoms with Gasteiger partial charge in [0.2, 0.25) is 0 Å². The van der Waals surface area contributed by atoms with Crippen LogP contribution in [0.5, 0.6) is 0 Å². The SMILES string of the molecule is CC(C)=CCC/C(C)=C\CC/C(C)=C/CC/C(C)=C/CC/C(C)=C/CC/C(C)=C/CC/C(C)=C/CC/C(C)=C/CC1=C(C)C(=O)c2ccccc2C1=O. The predicted molar refractivity (Wildman–Crippen MR) is 233 cm³/mol. The third-order valence-electron chi connectivity index (χ3n) is 10.4.